The van der Waals surface area contributed by atoms with Crippen molar-refractivity contribution in [2.45, 2.75) is 19.8 Å². The van der Waals surface area contributed by atoms with Gasteiger partial charge in [-0.1, -0.05) is 6.92 Å². The summed E-state index contributed by atoms with van der Waals surface area (Å²) in [6, 6.07) is 0. The largest absolute Gasteiger partial charge is 0.316 e. The van der Waals surface area contributed by atoms with E-state index in [1.54, 1.807) is 6.92 Å². The molecule has 0 aromatic rings. The lowest BCUT2D eigenvalue weighted by molar-refractivity contribution is 0.0209. The van der Waals surface area contributed by atoms with Crippen LogP contribution >= 0.6 is 12.4 Å². The van der Waals surface area contributed by atoms with Crippen molar-refractivity contribution in [1.82, 2.24) is 5.32 Å². The fourth-order valence-electron chi connectivity index (χ4n) is 1.02. The molecule has 1 aliphatic heterocycles. The van der Waals surface area contributed by atoms with Gasteiger partial charge < -0.3 is 5.32 Å². The van der Waals surface area contributed by atoms with Crippen LogP contribution in [0, 0.1) is 5.41 Å². The van der Waals surface area contributed by atoms with E-state index in [1.807, 2.05) is 0 Å². The lowest BCUT2D eigenvalue weighted by atomic mass is 9.91. The van der Waals surface area contributed by atoms with Gasteiger partial charge in [0, 0.05) is 12.0 Å². The first-order valence-electron chi connectivity index (χ1n) is 3.14. The van der Waals surface area contributed by atoms with Gasteiger partial charge in [0.2, 0.25) is 6.43 Å². The monoisotopic (exact) mass is 171 g/mol. The molecule has 4 heteroatoms. The summed E-state index contributed by atoms with van der Waals surface area (Å²) in [5.74, 6) is 0. The average Bonchev–Trinajstić information content (AvgIpc) is 2.16. The van der Waals surface area contributed by atoms with Crippen molar-refractivity contribution in [3.05, 3.63) is 0 Å². The smallest absolute Gasteiger partial charge is 0.245 e. The standard InChI is InChI=1S/C6H11F2N.ClH/c1-6(5(7)8)2-3-9-4-6;/h5,9H,2-4H2,1H3;1H. The minimum Gasteiger partial charge on any atom is -0.316 e. The fraction of sp³-hybridized carbons (Fsp3) is 1.00. The van der Waals surface area contributed by atoms with Crippen molar-refractivity contribution >= 4 is 12.4 Å². The molecule has 0 bridgehead atoms. The van der Waals surface area contributed by atoms with Crippen LogP contribution in [0.5, 0.6) is 0 Å². The maximum Gasteiger partial charge on any atom is 0.245 e. The van der Waals surface area contributed by atoms with Crippen LogP contribution in [0.15, 0.2) is 0 Å². The van der Waals surface area contributed by atoms with Crippen LogP contribution in [0.4, 0.5) is 8.78 Å². The van der Waals surface area contributed by atoms with Crippen LogP contribution in [0.25, 0.3) is 0 Å². The van der Waals surface area contributed by atoms with Gasteiger partial charge in [-0.3, -0.25) is 0 Å². The van der Waals surface area contributed by atoms with Gasteiger partial charge in [0.1, 0.15) is 0 Å². The predicted octanol–water partition coefficient (Wildman–Crippen LogP) is 1.67. The van der Waals surface area contributed by atoms with E-state index in [2.05, 4.69) is 5.32 Å². The Hall–Kier alpha value is 0.110. The molecule has 10 heavy (non-hydrogen) atoms. The van der Waals surface area contributed by atoms with Crippen LogP contribution in [0.1, 0.15) is 13.3 Å². The van der Waals surface area contributed by atoms with E-state index in [4.69, 9.17) is 0 Å². The number of hydrogen-bond donors (Lipinski definition) is 1. The maximum absolute atomic E-state index is 12.1. The van der Waals surface area contributed by atoms with Crippen molar-refractivity contribution in [1.29, 1.82) is 0 Å². The van der Waals surface area contributed by atoms with Gasteiger partial charge >= 0.3 is 0 Å². The van der Waals surface area contributed by atoms with Crippen molar-refractivity contribution in [3.63, 3.8) is 0 Å². The number of hydrogen-bond acceptors (Lipinski definition) is 1. The highest BCUT2D eigenvalue weighted by Gasteiger charge is 2.37. The predicted molar refractivity (Wildman–Crippen MR) is 38.8 cm³/mol. The summed E-state index contributed by atoms with van der Waals surface area (Å²) in [4.78, 5) is 0. The molecule has 1 aliphatic rings. The third-order valence-electron chi connectivity index (χ3n) is 1.93. The lowest BCUT2D eigenvalue weighted by Gasteiger charge is -2.20. The molecule has 1 fully saturated rings. The van der Waals surface area contributed by atoms with E-state index in [9.17, 15) is 8.78 Å². The Balaban J connectivity index is 0.000000810. The molecule has 0 aromatic carbocycles. The number of nitrogens with one attached hydrogen (secondary N) is 1. The van der Waals surface area contributed by atoms with Crippen LogP contribution < -0.4 is 5.32 Å². The number of halogens is 3. The molecule has 0 saturated carbocycles. The third-order valence-corrected chi connectivity index (χ3v) is 1.93. The zero-order valence-corrected chi connectivity index (χ0v) is 6.68. The van der Waals surface area contributed by atoms with E-state index in [0.29, 0.717) is 13.0 Å². The molecule has 0 spiro atoms. The molecule has 1 heterocycles. The molecule has 0 aromatic heterocycles. The van der Waals surface area contributed by atoms with Gasteiger partial charge in [-0.05, 0) is 13.0 Å². The zero-order chi connectivity index (χ0) is 6.91. The summed E-state index contributed by atoms with van der Waals surface area (Å²) in [5, 5.41) is 2.91. The zero-order valence-electron chi connectivity index (χ0n) is 5.86. The first-order chi connectivity index (χ1) is 4.15. The molecule has 62 valence electrons. The molecule has 1 unspecified atom stereocenters. The summed E-state index contributed by atoms with van der Waals surface area (Å²) in [6.45, 7) is 2.82. The van der Waals surface area contributed by atoms with E-state index >= 15 is 0 Å². The quantitative estimate of drug-likeness (QED) is 0.633. The summed E-state index contributed by atoms with van der Waals surface area (Å²) >= 11 is 0. The van der Waals surface area contributed by atoms with Crippen LogP contribution in [-0.2, 0) is 0 Å². The van der Waals surface area contributed by atoms with Crippen molar-refractivity contribution in [2.24, 2.45) is 5.41 Å². The average molecular weight is 172 g/mol. The Morgan fingerprint density at radius 1 is 1.50 bits per heavy atom. The topological polar surface area (TPSA) is 12.0 Å². The van der Waals surface area contributed by atoms with Crippen LogP contribution in [0.2, 0.25) is 0 Å². The van der Waals surface area contributed by atoms with Gasteiger partial charge in [-0.15, -0.1) is 12.4 Å². The summed E-state index contributed by atoms with van der Waals surface area (Å²) in [6.07, 6.45) is -1.57. The van der Waals surface area contributed by atoms with Gasteiger partial charge in [-0.25, -0.2) is 8.78 Å². The maximum atomic E-state index is 12.1. The Kier molecular flexibility index (Phi) is 3.52. The third kappa shape index (κ3) is 1.80. The van der Waals surface area contributed by atoms with Crippen LogP contribution in [-0.4, -0.2) is 19.5 Å². The molecule has 1 nitrogen and oxygen atoms in total. The van der Waals surface area contributed by atoms with Gasteiger partial charge in [0.15, 0.2) is 0 Å². The second-order valence-electron chi connectivity index (χ2n) is 2.88. The summed E-state index contributed by atoms with van der Waals surface area (Å²) in [7, 11) is 0. The second-order valence-corrected chi connectivity index (χ2v) is 2.88. The van der Waals surface area contributed by atoms with Gasteiger partial charge in [0.25, 0.3) is 0 Å². The van der Waals surface area contributed by atoms with Gasteiger partial charge in [0.05, 0.1) is 0 Å². The summed E-state index contributed by atoms with van der Waals surface area (Å²) in [5.41, 5.74) is -0.750. The Morgan fingerprint density at radius 2 is 2.10 bits per heavy atom. The van der Waals surface area contributed by atoms with E-state index in [0.717, 1.165) is 6.54 Å². The first-order valence-corrected chi connectivity index (χ1v) is 3.14. The van der Waals surface area contributed by atoms with E-state index < -0.39 is 11.8 Å². The molecular formula is C6H12ClF2N. The number of alkyl halides is 2. The Bertz CT molecular complexity index is 102. The SMILES string of the molecule is CC1(C(F)F)CCNC1.Cl. The fourth-order valence-corrected chi connectivity index (χ4v) is 1.02. The molecule has 0 amide bonds. The summed E-state index contributed by atoms with van der Waals surface area (Å²) < 4.78 is 24.2. The number of rotatable bonds is 1. The minimum atomic E-state index is -2.17. The molecule has 1 atom stereocenters. The van der Waals surface area contributed by atoms with Crippen LogP contribution in [0.3, 0.4) is 0 Å². The molecule has 0 radical (unpaired) electrons. The highest BCUT2D eigenvalue weighted by atomic mass is 35.5. The van der Waals surface area contributed by atoms with E-state index in [1.165, 1.54) is 0 Å². The minimum absolute atomic E-state index is 0. The van der Waals surface area contributed by atoms with E-state index in [-0.39, 0.29) is 12.4 Å². The van der Waals surface area contributed by atoms with Crippen molar-refractivity contribution < 1.29 is 8.78 Å². The molecule has 0 aliphatic carbocycles. The second kappa shape index (κ2) is 3.49. The Labute approximate surface area is 65.6 Å². The van der Waals surface area contributed by atoms with Crippen molar-refractivity contribution in [2.75, 3.05) is 13.1 Å². The Morgan fingerprint density at radius 3 is 2.30 bits per heavy atom. The van der Waals surface area contributed by atoms with Gasteiger partial charge in [-0.2, -0.15) is 0 Å². The molecule has 1 N–H and O–H groups in total. The normalized spacial score (nSPS) is 32.4. The highest BCUT2D eigenvalue weighted by Crippen LogP contribution is 2.31. The molecular weight excluding hydrogens is 160 g/mol. The van der Waals surface area contributed by atoms with Crippen molar-refractivity contribution in [3.8, 4) is 0 Å². The lowest BCUT2D eigenvalue weighted by Crippen LogP contribution is -2.28. The molecule has 1 rings (SSSR count). The first kappa shape index (κ1) is 10.1. The molecule has 1 saturated heterocycles. The highest BCUT2D eigenvalue weighted by molar-refractivity contribution is 5.85.